The summed E-state index contributed by atoms with van der Waals surface area (Å²) in [6, 6.07) is 11.6. The molecule has 2 rings (SSSR count). The summed E-state index contributed by atoms with van der Waals surface area (Å²) in [5.41, 5.74) is 1.83. The largest absolute Gasteiger partial charge is 2.00 e. The number of aromatic nitrogens is 2. The molecule has 0 atom stereocenters. The summed E-state index contributed by atoms with van der Waals surface area (Å²) in [5, 5.41) is 8.89. The van der Waals surface area contributed by atoms with E-state index < -0.39 is 5.97 Å². The van der Waals surface area contributed by atoms with Gasteiger partial charge in [-0.15, -0.1) is 0 Å². The van der Waals surface area contributed by atoms with Gasteiger partial charge in [0.05, 0.1) is 11.4 Å². The van der Waals surface area contributed by atoms with Crippen molar-refractivity contribution in [2.45, 2.75) is 6.92 Å². The molecule has 0 N–H and O–H groups in total. The molecule has 2 heterocycles. The van der Waals surface area contributed by atoms with E-state index in [-0.39, 0.29) is 20.4 Å². The molecule has 2 aromatic rings. The average Bonchev–Trinajstić information content (AvgIpc) is 2.31. The standard InChI is InChI=1S/C10H8N2.C2H4O2.Pd/c1-3-7-11-9(5-1)10-6-2-4-8-12-10;1-2(3)4;/h1-8H;1H3,(H,3,4);/q;;+2/p-1. The number of carboxylic acids is 1. The van der Waals surface area contributed by atoms with E-state index in [1.54, 1.807) is 12.4 Å². The molecule has 17 heavy (non-hydrogen) atoms. The fraction of sp³-hybridized carbons (Fsp3) is 0.0833. The first kappa shape index (κ1) is 15.4. The Morgan fingerprint density at radius 1 is 1.00 bits per heavy atom. The molecule has 0 amide bonds. The van der Waals surface area contributed by atoms with E-state index in [0.29, 0.717) is 0 Å². The zero-order valence-electron chi connectivity index (χ0n) is 9.15. The number of carbonyl (C=O) groups excluding carboxylic acids is 1. The van der Waals surface area contributed by atoms with Gasteiger partial charge in [0.15, 0.2) is 0 Å². The number of carbonyl (C=O) groups is 1. The second kappa shape index (κ2) is 8.57. The van der Waals surface area contributed by atoms with Crippen LogP contribution >= 0.6 is 0 Å². The minimum Gasteiger partial charge on any atom is -0.550 e. The number of pyridine rings is 2. The van der Waals surface area contributed by atoms with E-state index in [2.05, 4.69) is 9.97 Å². The third-order valence-electron chi connectivity index (χ3n) is 1.59. The Bertz CT molecular complexity index is 393. The van der Waals surface area contributed by atoms with Crippen molar-refractivity contribution in [3.63, 3.8) is 0 Å². The number of hydrogen-bond acceptors (Lipinski definition) is 4. The van der Waals surface area contributed by atoms with Crippen LogP contribution in [0.3, 0.4) is 0 Å². The van der Waals surface area contributed by atoms with Gasteiger partial charge in [-0.05, 0) is 31.2 Å². The van der Waals surface area contributed by atoms with Crippen LogP contribution in [0.1, 0.15) is 6.92 Å². The summed E-state index contributed by atoms with van der Waals surface area (Å²) in [6.45, 7) is 0.972. The second-order valence-electron chi connectivity index (χ2n) is 2.92. The number of carboxylic acid groups (broad SMARTS) is 1. The Balaban J connectivity index is 0.000000453. The molecule has 0 saturated heterocycles. The molecule has 0 fully saturated rings. The van der Waals surface area contributed by atoms with Gasteiger partial charge in [-0.2, -0.15) is 0 Å². The van der Waals surface area contributed by atoms with Crippen LogP contribution in [0.25, 0.3) is 11.4 Å². The minimum atomic E-state index is -1.08. The molecular weight excluding hydrogens is 311 g/mol. The summed E-state index contributed by atoms with van der Waals surface area (Å²) in [4.78, 5) is 17.3. The van der Waals surface area contributed by atoms with Crippen LogP contribution in [0.4, 0.5) is 0 Å². The van der Waals surface area contributed by atoms with Crippen LogP contribution < -0.4 is 5.11 Å². The number of nitrogens with zero attached hydrogens (tertiary/aromatic N) is 2. The molecular formula is C12H11N2O2Pd+. The van der Waals surface area contributed by atoms with Crippen molar-refractivity contribution >= 4 is 5.97 Å². The van der Waals surface area contributed by atoms with Gasteiger partial charge >= 0.3 is 20.4 Å². The topological polar surface area (TPSA) is 65.9 Å². The normalized spacial score (nSPS) is 8.29. The molecule has 0 radical (unpaired) electrons. The van der Waals surface area contributed by atoms with E-state index in [0.717, 1.165) is 18.3 Å². The van der Waals surface area contributed by atoms with Crippen molar-refractivity contribution in [2.24, 2.45) is 0 Å². The molecule has 0 aliphatic heterocycles. The second-order valence-corrected chi connectivity index (χ2v) is 2.92. The zero-order valence-corrected chi connectivity index (χ0v) is 10.7. The summed E-state index contributed by atoms with van der Waals surface area (Å²) in [7, 11) is 0. The van der Waals surface area contributed by atoms with Crippen LogP contribution in [0, 0.1) is 0 Å². The fourth-order valence-electron chi connectivity index (χ4n) is 1.03. The zero-order chi connectivity index (χ0) is 11.8. The van der Waals surface area contributed by atoms with Crippen LogP contribution in [-0.2, 0) is 25.2 Å². The predicted molar refractivity (Wildman–Crippen MR) is 58.1 cm³/mol. The monoisotopic (exact) mass is 321 g/mol. The van der Waals surface area contributed by atoms with Crippen LogP contribution in [0.15, 0.2) is 48.8 Å². The molecule has 0 aliphatic carbocycles. The van der Waals surface area contributed by atoms with Gasteiger partial charge in [0, 0.05) is 18.4 Å². The first-order valence-corrected chi connectivity index (χ1v) is 4.70. The van der Waals surface area contributed by atoms with Crippen molar-refractivity contribution < 1.29 is 30.3 Å². The molecule has 0 bridgehead atoms. The quantitative estimate of drug-likeness (QED) is 0.732. The Morgan fingerprint density at radius 3 is 1.59 bits per heavy atom. The Kier molecular flexibility index (Phi) is 7.78. The van der Waals surface area contributed by atoms with Gasteiger partial charge in [0.1, 0.15) is 0 Å². The maximum atomic E-state index is 8.89. The van der Waals surface area contributed by atoms with E-state index in [9.17, 15) is 0 Å². The average molecular weight is 322 g/mol. The van der Waals surface area contributed by atoms with Crippen molar-refractivity contribution in [2.75, 3.05) is 0 Å². The van der Waals surface area contributed by atoms with Crippen molar-refractivity contribution in [1.82, 2.24) is 9.97 Å². The van der Waals surface area contributed by atoms with Gasteiger partial charge in [0.25, 0.3) is 0 Å². The molecule has 0 saturated carbocycles. The number of hydrogen-bond donors (Lipinski definition) is 0. The van der Waals surface area contributed by atoms with Crippen molar-refractivity contribution in [3.05, 3.63) is 48.8 Å². The molecule has 0 unspecified atom stereocenters. The summed E-state index contributed by atoms with van der Waals surface area (Å²) < 4.78 is 0. The van der Waals surface area contributed by atoms with Crippen molar-refractivity contribution in [3.8, 4) is 11.4 Å². The molecule has 2 aromatic heterocycles. The Hall–Kier alpha value is -1.57. The first-order valence-electron chi connectivity index (χ1n) is 4.70. The van der Waals surface area contributed by atoms with E-state index in [1.165, 1.54) is 0 Å². The van der Waals surface area contributed by atoms with E-state index in [1.807, 2.05) is 36.4 Å². The van der Waals surface area contributed by atoms with E-state index >= 15 is 0 Å². The van der Waals surface area contributed by atoms with Gasteiger partial charge in [-0.3, -0.25) is 9.97 Å². The maximum Gasteiger partial charge on any atom is 2.00 e. The maximum absolute atomic E-state index is 8.89. The molecule has 90 valence electrons. The van der Waals surface area contributed by atoms with Crippen LogP contribution in [-0.4, -0.2) is 15.9 Å². The van der Waals surface area contributed by atoms with Crippen LogP contribution in [0.5, 0.6) is 0 Å². The Morgan fingerprint density at radius 2 is 1.35 bits per heavy atom. The summed E-state index contributed by atoms with van der Waals surface area (Å²) >= 11 is 0. The van der Waals surface area contributed by atoms with Gasteiger partial charge in [-0.1, -0.05) is 12.1 Å². The van der Waals surface area contributed by atoms with Gasteiger partial charge in [-0.25, -0.2) is 0 Å². The van der Waals surface area contributed by atoms with Crippen LogP contribution in [0.2, 0.25) is 0 Å². The molecule has 0 aromatic carbocycles. The molecule has 5 heteroatoms. The minimum absolute atomic E-state index is 0. The number of rotatable bonds is 1. The third kappa shape index (κ3) is 6.57. The SMILES string of the molecule is CC(=O)[O-].[Pd+2].c1ccc(-c2ccccn2)nc1. The fourth-order valence-corrected chi connectivity index (χ4v) is 1.03. The number of aliphatic carboxylic acids is 1. The first-order chi connectivity index (χ1) is 7.70. The molecule has 4 nitrogen and oxygen atoms in total. The van der Waals surface area contributed by atoms with E-state index in [4.69, 9.17) is 9.90 Å². The Labute approximate surface area is 113 Å². The third-order valence-corrected chi connectivity index (χ3v) is 1.59. The smallest absolute Gasteiger partial charge is 0.550 e. The summed E-state index contributed by atoms with van der Waals surface area (Å²) in [6.07, 6.45) is 3.54. The van der Waals surface area contributed by atoms with Crippen molar-refractivity contribution in [1.29, 1.82) is 0 Å². The van der Waals surface area contributed by atoms with Gasteiger partial charge < -0.3 is 9.90 Å². The molecule has 0 aliphatic rings. The predicted octanol–water partition coefficient (Wildman–Crippen LogP) is 0.897. The molecule has 0 spiro atoms. The van der Waals surface area contributed by atoms with Gasteiger partial charge in [0.2, 0.25) is 0 Å². The summed E-state index contributed by atoms with van der Waals surface area (Å²) in [5.74, 6) is -1.08.